The summed E-state index contributed by atoms with van der Waals surface area (Å²) in [5.41, 5.74) is -1.34. The predicted molar refractivity (Wildman–Crippen MR) is 78.9 cm³/mol. The van der Waals surface area contributed by atoms with Crippen molar-refractivity contribution in [2.75, 3.05) is 0 Å². The van der Waals surface area contributed by atoms with Gasteiger partial charge in [-0.15, -0.1) is 6.58 Å². The van der Waals surface area contributed by atoms with Crippen molar-refractivity contribution in [3.8, 4) is 0 Å². The summed E-state index contributed by atoms with van der Waals surface area (Å²) in [4.78, 5) is 26.0. The molecule has 0 heterocycles. The Labute approximate surface area is 125 Å². The molecule has 6 heteroatoms. The van der Waals surface area contributed by atoms with Crippen LogP contribution < -0.4 is 0 Å². The van der Waals surface area contributed by atoms with Crippen molar-refractivity contribution in [1.82, 2.24) is 0 Å². The number of aliphatic hydroxyl groups is 1. The molecule has 0 unspecified atom stereocenters. The molecule has 116 valence electrons. The van der Waals surface area contributed by atoms with Gasteiger partial charge in [-0.3, -0.25) is 4.79 Å². The Kier molecular flexibility index (Phi) is 7.99. The maximum absolute atomic E-state index is 11.7. The number of esters is 1. The van der Waals surface area contributed by atoms with Crippen molar-refractivity contribution < 1.29 is 19.4 Å². The minimum absolute atomic E-state index is 0.0371. The lowest BCUT2D eigenvalue weighted by Crippen LogP contribution is -2.24. The Morgan fingerprint density at radius 1 is 1.29 bits per heavy atom. The highest BCUT2D eigenvalue weighted by Gasteiger charge is 2.33. The molecular weight excluding hydrogens is 272 g/mol. The standard InChI is InChI=1S/C15H22N2O4/c1-5-6-7-8-11(18)9-10-12(19)13(17-16)14(20)21-15(2,3)4/h5H,1,6-10H2,2-4H3/p+1. The largest absolute Gasteiger partial charge is 0.505 e. The van der Waals surface area contributed by atoms with E-state index in [1.165, 1.54) is 0 Å². The molecule has 0 aromatic rings. The van der Waals surface area contributed by atoms with Crippen LogP contribution in [0.25, 0.3) is 4.98 Å². The first-order valence-corrected chi connectivity index (χ1v) is 6.84. The molecule has 0 fully saturated rings. The van der Waals surface area contributed by atoms with Crippen molar-refractivity contribution >= 4 is 11.8 Å². The Morgan fingerprint density at radius 2 is 1.90 bits per heavy atom. The number of carbonyl (C=O) groups excluding carboxylic acids is 2. The molecule has 0 saturated carbocycles. The summed E-state index contributed by atoms with van der Waals surface area (Å²) < 4.78 is 4.99. The minimum atomic E-state index is -0.929. The van der Waals surface area contributed by atoms with Crippen LogP contribution in [0.2, 0.25) is 0 Å². The van der Waals surface area contributed by atoms with Gasteiger partial charge in [-0.1, -0.05) is 6.08 Å². The number of unbranched alkanes of at least 4 members (excludes halogenated alkanes) is 1. The molecule has 0 rings (SSSR count). The summed E-state index contributed by atoms with van der Waals surface area (Å²) in [5, 5.41) is 18.6. The van der Waals surface area contributed by atoms with E-state index in [4.69, 9.17) is 10.1 Å². The molecule has 0 bridgehead atoms. The number of allylic oxidation sites excluding steroid dienone is 2. The second-order valence-electron chi connectivity index (χ2n) is 5.62. The fraction of sp³-hybridized carbons (Fsp3) is 0.600. The fourth-order valence-corrected chi connectivity index (χ4v) is 1.49. The maximum Gasteiger partial charge on any atom is 0.505 e. The molecule has 0 atom stereocenters. The van der Waals surface area contributed by atoms with Crippen LogP contribution in [0.5, 0.6) is 0 Å². The van der Waals surface area contributed by atoms with Gasteiger partial charge in [-0.25, -0.2) is 4.79 Å². The second kappa shape index (κ2) is 8.90. The molecule has 0 aromatic heterocycles. The van der Waals surface area contributed by atoms with Gasteiger partial charge in [0.1, 0.15) is 11.4 Å². The average molecular weight is 295 g/mol. The van der Waals surface area contributed by atoms with E-state index in [1.54, 1.807) is 26.8 Å². The molecule has 0 aliphatic carbocycles. The van der Waals surface area contributed by atoms with E-state index >= 15 is 0 Å². The third kappa shape index (κ3) is 8.58. The molecule has 21 heavy (non-hydrogen) atoms. The summed E-state index contributed by atoms with van der Waals surface area (Å²) in [7, 11) is 0. The summed E-state index contributed by atoms with van der Waals surface area (Å²) in [5.74, 6) is -1.42. The zero-order valence-electron chi connectivity index (χ0n) is 12.9. The lowest BCUT2D eigenvalue weighted by atomic mass is 10.1. The van der Waals surface area contributed by atoms with Gasteiger partial charge in [-0.05, 0) is 33.6 Å². The van der Waals surface area contributed by atoms with Crippen molar-refractivity contribution in [2.24, 2.45) is 0 Å². The van der Waals surface area contributed by atoms with Crippen LogP contribution in [0.1, 0.15) is 52.9 Å². The van der Waals surface area contributed by atoms with Gasteiger partial charge in [0.25, 0.3) is 0 Å². The number of hydrogen-bond acceptors (Lipinski definition) is 5. The van der Waals surface area contributed by atoms with Crippen LogP contribution in [-0.2, 0) is 14.3 Å². The monoisotopic (exact) mass is 295 g/mol. The Balaban J connectivity index is 4.58. The van der Waals surface area contributed by atoms with Crippen molar-refractivity contribution in [1.29, 1.82) is 5.39 Å². The third-order valence-corrected chi connectivity index (χ3v) is 2.47. The van der Waals surface area contributed by atoms with E-state index < -0.39 is 23.0 Å². The quantitative estimate of drug-likeness (QED) is 0.184. The molecule has 0 aromatic carbocycles. The number of carbonyl (C=O) groups is 2. The smallest absolute Gasteiger partial charge is 0.505 e. The molecule has 1 N–H and O–H groups in total. The van der Waals surface area contributed by atoms with E-state index in [0.29, 0.717) is 12.8 Å². The molecule has 0 radical (unpaired) electrons. The highest BCUT2D eigenvalue weighted by Crippen LogP contribution is 2.17. The first-order valence-electron chi connectivity index (χ1n) is 6.84. The number of nitrogens with zero attached hydrogens (tertiary/aromatic N) is 2. The first kappa shape index (κ1) is 18.8. The van der Waals surface area contributed by atoms with Gasteiger partial charge in [0.15, 0.2) is 10.7 Å². The van der Waals surface area contributed by atoms with Crippen molar-refractivity contribution in [3.05, 3.63) is 29.1 Å². The van der Waals surface area contributed by atoms with Gasteiger partial charge >= 0.3 is 11.7 Å². The SMILES string of the molecule is C=CCCCC(=O)CC/C(O)=C(\[N+]#N)C(=O)OC(C)(C)C. The fourth-order valence-electron chi connectivity index (χ4n) is 1.49. The summed E-state index contributed by atoms with van der Waals surface area (Å²) in [6.45, 7) is 8.52. The molecular formula is C15H23N2O4+. The minimum Gasteiger partial charge on any atom is -0.505 e. The number of Topliss-reactive ketones (excluding diaryl/α,β-unsaturated/α-hetero) is 1. The van der Waals surface area contributed by atoms with E-state index in [-0.39, 0.29) is 18.6 Å². The molecule has 0 aliphatic rings. The summed E-state index contributed by atoms with van der Waals surface area (Å²) in [6.07, 6.45) is 3.59. The Bertz CT molecular complexity index is 467. The highest BCUT2D eigenvalue weighted by atomic mass is 16.6. The topological polar surface area (TPSA) is 91.7 Å². The molecule has 0 spiro atoms. The zero-order valence-corrected chi connectivity index (χ0v) is 12.9. The Morgan fingerprint density at radius 3 is 2.38 bits per heavy atom. The molecule has 6 nitrogen and oxygen atoms in total. The van der Waals surface area contributed by atoms with Gasteiger partial charge in [0.05, 0.1) is 0 Å². The van der Waals surface area contributed by atoms with Gasteiger partial charge in [0.2, 0.25) is 5.39 Å². The second-order valence-corrected chi connectivity index (χ2v) is 5.62. The van der Waals surface area contributed by atoms with E-state index in [2.05, 4.69) is 11.6 Å². The van der Waals surface area contributed by atoms with Crippen LogP contribution >= 0.6 is 0 Å². The molecule has 0 saturated heterocycles. The van der Waals surface area contributed by atoms with Crippen molar-refractivity contribution in [2.45, 2.75) is 58.5 Å². The van der Waals surface area contributed by atoms with Crippen LogP contribution in [-0.4, -0.2) is 22.5 Å². The lowest BCUT2D eigenvalue weighted by molar-refractivity contribution is -0.149. The van der Waals surface area contributed by atoms with Crippen LogP contribution in [0.4, 0.5) is 0 Å². The predicted octanol–water partition coefficient (Wildman–Crippen LogP) is 3.66. The van der Waals surface area contributed by atoms with Crippen LogP contribution in [0.3, 0.4) is 0 Å². The highest BCUT2D eigenvalue weighted by molar-refractivity contribution is 5.91. The average Bonchev–Trinajstić information content (AvgIpc) is 2.35. The van der Waals surface area contributed by atoms with E-state index in [9.17, 15) is 14.7 Å². The number of rotatable bonds is 8. The van der Waals surface area contributed by atoms with E-state index in [0.717, 1.165) is 6.42 Å². The Hall–Kier alpha value is -2.16. The number of hydrogen-bond donors (Lipinski definition) is 1. The van der Waals surface area contributed by atoms with Crippen LogP contribution in [0, 0.1) is 5.39 Å². The third-order valence-electron chi connectivity index (χ3n) is 2.47. The maximum atomic E-state index is 11.7. The summed E-state index contributed by atoms with van der Waals surface area (Å²) in [6, 6.07) is 0. The van der Waals surface area contributed by atoms with Crippen molar-refractivity contribution in [3.63, 3.8) is 0 Å². The number of diazo groups is 1. The number of ketones is 1. The summed E-state index contributed by atoms with van der Waals surface area (Å²) >= 11 is 0. The lowest BCUT2D eigenvalue weighted by Gasteiger charge is -2.16. The van der Waals surface area contributed by atoms with Gasteiger partial charge in [-0.2, -0.15) is 0 Å². The van der Waals surface area contributed by atoms with Gasteiger partial charge < -0.3 is 9.84 Å². The van der Waals surface area contributed by atoms with Crippen LogP contribution in [0.15, 0.2) is 24.1 Å². The molecule has 0 amide bonds. The number of aliphatic hydroxyl groups excluding tert-OH is 1. The van der Waals surface area contributed by atoms with Gasteiger partial charge in [0, 0.05) is 19.3 Å². The first-order chi connectivity index (χ1) is 9.71. The normalized spacial score (nSPS) is 12.1. The molecule has 0 aliphatic heterocycles. The zero-order chi connectivity index (χ0) is 16.5. The van der Waals surface area contributed by atoms with E-state index in [1.807, 2.05) is 0 Å². The number of ether oxygens (including phenoxy) is 1.